The van der Waals surface area contributed by atoms with Crippen LogP contribution in [0.3, 0.4) is 0 Å². The van der Waals surface area contributed by atoms with Crippen LogP contribution in [0.5, 0.6) is 0 Å². The first-order valence-corrected chi connectivity index (χ1v) is 8.16. The molecule has 0 radical (unpaired) electrons. The van der Waals surface area contributed by atoms with Gasteiger partial charge in [0.05, 0.1) is 11.4 Å². The summed E-state index contributed by atoms with van der Waals surface area (Å²) in [6, 6.07) is 7.21. The fourth-order valence-corrected chi connectivity index (χ4v) is 3.93. The molecule has 1 aromatic carbocycles. The first kappa shape index (κ1) is 14.3. The van der Waals surface area contributed by atoms with Crippen LogP contribution in [0.15, 0.2) is 29.2 Å². The van der Waals surface area contributed by atoms with Gasteiger partial charge in [0.15, 0.2) is 0 Å². The maximum Gasteiger partial charge on any atom is 0.265 e. The minimum Gasteiger partial charge on any atom is -0.279 e. The molecule has 0 bridgehead atoms. The summed E-state index contributed by atoms with van der Waals surface area (Å²) in [5.41, 5.74) is 1.67. The van der Waals surface area contributed by atoms with Crippen LogP contribution < -0.4 is 4.72 Å². The SMILES string of the molecule is Cc1nn(C)c(C)c1S(=O)(=O)Nc1cccc(I)c1. The number of nitrogens with one attached hydrogen (secondary N) is 1. The number of aromatic nitrogens is 2. The van der Waals surface area contributed by atoms with Gasteiger partial charge in [0.2, 0.25) is 0 Å². The van der Waals surface area contributed by atoms with Crippen molar-refractivity contribution in [1.29, 1.82) is 0 Å². The number of benzene rings is 1. The van der Waals surface area contributed by atoms with Crippen LogP contribution in [0.1, 0.15) is 11.4 Å². The van der Waals surface area contributed by atoms with Crippen molar-refractivity contribution in [3.05, 3.63) is 39.2 Å². The molecule has 0 unspecified atom stereocenters. The minimum atomic E-state index is -3.61. The summed E-state index contributed by atoms with van der Waals surface area (Å²) in [5, 5.41) is 4.13. The lowest BCUT2D eigenvalue weighted by Crippen LogP contribution is -2.15. The summed E-state index contributed by atoms with van der Waals surface area (Å²) in [6.45, 7) is 3.43. The summed E-state index contributed by atoms with van der Waals surface area (Å²) in [5.74, 6) is 0. The average molecular weight is 391 g/mol. The Labute approximate surface area is 126 Å². The quantitative estimate of drug-likeness (QED) is 0.818. The Morgan fingerprint density at radius 1 is 1.32 bits per heavy atom. The van der Waals surface area contributed by atoms with Crippen molar-refractivity contribution in [3.8, 4) is 0 Å². The molecule has 0 aliphatic rings. The molecular formula is C12H14IN3O2S. The molecule has 1 heterocycles. The fourth-order valence-electron chi connectivity index (χ4n) is 1.90. The third-order valence-corrected chi connectivity index (χ3v) is 5.09. The van der Waals surface area contributed by atoms with Crippen LogP contribution in [0.25, 0.3) is 0 Å². The summed E-state index contributed by atoms with van der Waals surface area (Å²) < 4.78 is 29.9. The Morgan fingerprint density at radius 3 is 2.53 bits per heavy atom. The predicted molar refractivity (Wildman–Crippen MR) is 82.6 cm³/mol. The van der Waals surface area contributed by atoms with Crippen LogP contribution in [0.4, 0.5) is 5.69 Å². The van der Waals surface area contributed by atoms with Crippen molar-refractivity contribution >= 4 is 38.3 Å². The van der Waals surface area contributed by atoms with E-state index in [1.54, 1.807) is 37.7 Å². The van der Waals surface area contributed by atoms with Crippen molar-refractivity contribution in [2.75, 3.05) is 4.72 Å². The van der Waals surface area contributed by atoms with E-state index in [1.165, 1.54) is 0 Å². The second-order valence-electron chi connectivity index (χ2n) is 4.24. The lowest BCUT2D eigenvalue weighted by atomic mass is 10.3. The number of hydrogen-bond acceptors (Lipinski definition) is 3. The van der Waals surface area contributed by atoms with Gasteiger partial charge in [-0.15, -0.1) is 0 Å². The van der Waals surface area contributed by atoms with E-state index < -0.39 is 10.0 Å². The topological polar surface area (TPSA) is 64.0 Å². The van der Waals surface area contributed by atoms with Crippen LogP contribution in [0.2, 0.25) is 0 Å². The van der Waals surface area contributed by atoms with Gasteiger partial charge >= 0.3 is 0 Å². The molecule has 2 rings (SSSR count). The van der Waals surface area contributed by atoms with Crippen molar-refractivity contribution in [1.82, 2.24) is 9.78 Å². The van der Waals surface area contributed by atoms with E-state index in [-0.39, 0.29) is 4.90 Å². The Kier molecular flexibility index (Phi) is 3.86. The van der Waals surface area contributed by atoms with Gasteiger partial charge in [-0.1, -0.05) is 6.07 Å². The highest BCUT2D eigenvalue weighted by molar-refractivity contribution is 14.1. The van der Waals surface area contributed by atoms with Crippen LogP contribution in [-0.2, 0) is 17.1 Å². The molecule has 1 aromatic heterocycles. The predicted octanol–water partition coefficient (Wildman–Crippen LogP) is 2.44. The smallest absolute Gasteiger partial charge is 0.265 e. The summed E-state index contributed by atoms with van der Waals surface area (Å²) in [7, 11) is -1.88. The third kappa shape index (κ3) is 2.92. The fraction of sp³-hybridized carbons (Fsp3) is 0.250. The average Bonchev–Trinajstić information content (AvgIpc) is 2.52. The van der Waals surface area contributed by atoms with Gasteiger partial charge in [-0.2, -0.15) is 5.10 Å². The van der Waals surface area contributed by atoms with Gasteiger partial charge < -0.3 is 0 Å². The van der Waals surface area contributed by atoms with Crippen LogP contribution in [0, 0.1) is 17.4 Å². The molecule has 0 saturated heterocycles. The highest BCUT2D eigenvalue weighted by Crippen LogP contribution is 2.22. The molecule has 102 valence electrons. The third-order valence-electron chi connectivity index (χ3n) is 2.79. The molecule has 0 atom stereocenters. The highest BCUT2D eigenvalue weighted by atomic mass is 127. The zero-order valence-electron chi connectivity index (χ0n) is 10.8. The molecule has 0 fully saturated rings. The van der Waals surface area contributed by atoms with Crippen molar-refractivity contribution < 1.29 is 8.42 Å². The first-order valence-electron chi connectivity index (χ1n) is 5.60. The summed E-state index contributed by atoms with van der Waals surface area (Å²) >= 11 is 2.14. The standard InChI is InChI=1S/C12H14IN3O2S/c1-8-12(9(2)16(3)14-8)19(17,18)15-11-6-4-5-10(13)7-11/h4-7,15H,1-3H3. The molecule has 0 amide bonds. The Balaban J connectivity index is 2.44. The summed E-state index contributed by atoms with van der Waals surface area (Å²) in [4.78, 5) is 0.244. The molecule has 5 nitrogen and oxygen atoms in total. The second-order valence-corrected chi connectivity index (χ2v) is 7.10. The lowest BCUT2D eigenvalue weighted by molar-refractivity contribution is 0.599. The van der Waals surface area contributed by atoms with E-state index in [2.05, 4.69) is 32.4 Å². The van der Waals surface area contributed by atoms with Crippen molar-refractivity contribution in [2.45, 2.75) is 18.7 Å². The molecular weight excluding hydrogens is 377 g/mol. The molecule has 0 aliphatic heterocycles. The maximum absolute atomic E-state index is 12.4. The van der Waals surface area contributed by atoms with Gasteiger partial charge in [0, 0.05) is 16.3 Å². The Morgan fingerprint density at radius 2 is 2.00 bits per heavy atom. The van der Waals surface area contributed by atoms with Crippen LogP contribution in [-0.4, -0.2) is 18.2 Å². The molecule has 1 N–H and O–H groups in total. The molecule has 0 saturated carbocycles. The molecule has 19 heavy (non-hydrogen) atoms. The number of nitrogens with zero attached hydrogens (tertiary/aromatic N) is 2. The molecule has 2 aromatic rings. The van der Waals surface area contributed by atoms with E-state index in [0.29, 0.717) is 17.1 Å². The Hall–Kier alpha value is -1.09. The minimum absolute atomic E-state index is 0.244. The number of rotatable bonds is 3. The van der Waals surface area contributed by atoms with E-state index in [1.807, 2.05) is 12.1 Å². The monoisotopic (exact) mass is 391 g/mol. The number of sulfonamides is 1. The number of halogens is 1. The van der Waals surface area contributed by atoms with Crippen molar-refractivity contribution in [3.63, 3.8) is 0 Å². The molecule has 0 aliphatic carbocycles. The number of hydrogen-bond donors (Lipinski definition) is 1. The van der Waals surface area contributed by atoms with Gasteiger partial charge in [-0.3, -0.25) is 9.40 Å². The second kappa shape index (κ2) is 5.12. The molecule has 7 heteroatoms. The van der Waals surface area contributed by atoms with Gasteiger partial charge in [-0.05, 0) is 54.6 Å². The largest absolute Gasteiger partial charge is 0.279 e. The van der Waals surface area contributed by atoms with E-state index in [0.717, 1.165) is 3.57 Å². The lowest BCUT2D eigenvalue weighted by Gasteiger charge is -2.08. The highest BCUT2D eigenvalue weighted by Gasteiger charge is 2.23. The van der Waals surface area contributed by atoms with Gasteiger partial charge in [-0.25, -0.2) is 8.42 Å². The van der Waals surface area contributed by atoms with E-state index in [9.17, 15) is 8.42 Å². The van der Waals surface area contributed by atoms with Crippen molar-refractivity contribution in [2.24, 2.45) is 7.05 Å². The first-order chi connectivity index (χ1) is 8.81. The van der Waals surface area contributed by atoms with E-state index in [4.69, 9.17) is 0 Å². The van der Waals surface area contributed by atoms with Crippen LogP contribution >= 0.6 is 22.6 Å². The number of aryl methyl sites for hydroxylation is 2. The maximum atomic E-state index is 12.4. The van der Waals surface area contributed by atoms with Gasteiger partial charge in [0.1, 0.15) is 4.90 Å². The zero-order chi connectivity index (χ0) is 14.2. The molecule has 0 spiro atoms. The zero-order valence-corrected chi connectivity index (χ0v) is 13.8. The normalized spacial score (nSPS) is 11.6. The Bertz CT molecular complexity index is 723. The van der Waals surface area contributed by atoms with E-state index >= 15 is 0 Å². The number of anilines is 1. The van der Waals surface area contributed by atoms with Gasteiger partial charge in [0.25, 0.3) is 10.0 Å². The summed E-state index contributed by atoms with van der Waals surface area (Å²) in [6.07, 6.45) is 0.